The van der Waals surface area contributed by atoms with Crippen molar-refractivity contribution in [3.63, 3.8) is 0 Å². The van der Waals surface area contributed by atoms with E-state index >= 15 is 0 Å². The molecule has 1 aliphatic rings. The standard InChI is InChI=1S/C18H22N4O/c1-14-5-7-15(8-6-14)11-17(23)21-16-12-19-18(20-13-16)22-9-3-2-4-10-22/h5-8,12-13H,2-4,9-11H2,1H3,(H,21,23). The second-order valence-electron chi connectivity index (χ2n) is 6.03. The van der Waals surface area contributed by atoms with E-state index in [4.69, 9.17) is 0 Å². The number of anilines is 2. The summed E-state index contributed by atoms with van der Waals surface area (Å²) in [5, 5.41) is 2.85. The number of nitrogens with one attached hydrogen (secondary N) is 1. The molecule has 1 aliphatic heterocycles. The third-order valence-corrected chi connectivity index (χ3v) is 4.05. The Hall–Kier alpha value is -2.43. The minimum Gasteiger partial charge on any atom is -0.341 e. The van der Waals surface area contributed by atoms with Gasteiger partial charge in [-0.25, -0.2) is 9.97 Å². The van der Waals surface area contributed by atoms with Gasteiger partial charge >= 0.3 is 0 Å². The summed E-state index contributed by atoms with van der Waals surface area (Å²) < 4.78 is 0. The normalized spacial score (nSPS) is 14.6. The Kier molecular flexibility index (Phi) is 4.86. The number of hydrogen-bond donors (Lipinski definition) is 1. The molecule has 1 aromatic heterocycles. The molecule has 1 N–H and O–H groups in total. The predicted octanol–water partition coefficient (Wildman–Crippen LogP) is 2.96. The van der Waals surface area contributed by atoms with E-state index in [0.717, 1.165) is 24.6 Å². The monoisotopic (exact) mass is 310 g/mol. The van der Waals surface area contributed by atoms with Crippen LogP contribution in [0.15, 0.2) is 36.7 Å². The van der Waals surface area contributed by atoms with Crippen molar-refractivity contribution in [2.24, 2.45) is 0 Å². The summed E-state index contributed by atoms with van der Waals surface area (Å²) in [7, 11) is 0. The molecule has 0 unspecified atom stereocenters. The lowest BCUT2D eigenvalue weighted by atomic mass is 10.1. The molecule has 1 fully saturated rings. The van der Waals surface area contributed by atoms with Crippen molar-refractivity contribution in [1.29, 1.82) is 0 Å². The lowest BCUT2D eigenvalue weighted by molar-refractivity contribution is -0.115. The molecule has 23 heavy (non-hydrogen) atoms. The molecule has 0 saturated carbocycles. The lowest BCUT2D eigenvalue weighted by Gasteiger charge is -2.26. The molecule has 3 rings (SSSR count). The molecule has 0 atom stereocenters. The number of hydrogen-bond acceptors (Lipinski definition) is 4. The summed E-state index contributed by atoms with van der Waals surface area (Å²) in [6.45, 7) is 4.06. The van der Waals surface area contributed by atoms with Crippen LogP contribution in [0, 0.1) is 6.92 Å². The molecule has 120 valence electrons. The topological polar surface area (TPSA) is 58.1 Å². The highest BCUT2D eigenvalue weighted by molar-refractivity contribution is 5.91. The zero-order valence-electron chi connectivity index (χ0n) is 13.5. The SMILES string of the molecule is Cc1ccc(CC(=O)Nc2cnc(N3CCCCC3)nc2)cc1. The fraction of sp³-hybridized carbons (Fsp3) is 0.389. The van der Waals surface area contributed by atoms with E-state index < -0.39 is 0 Å². The van der Waals surface area contributed by atoms with Gasteiger partial charge in [-0.2, -0.15) is 0 Å². The third kappa shape index (κ3) is 4.28. The van der Waals surface area contributed by atoms with Crippen LogP contribution in [0.4, 0.5) is 11.6 Å². The molecular formula is C18H22N4O. The average molecular weight is 310 g/mol. The van der Waals surface area contributed by atoms with Gasteiger partial charge in [-0.05, 0) is 31.7 Å². The van der Waals surface area contributed by atoms with E-state index in [2.05, 4.69) is 20.2 Å². The maximum absolute atomic E-state index is 12.1. The van der Waals surface area contributed by atoms with Gasteiger partial charge in [0.15, 0.2) is 0 Å². The van der Waals surface area contributed by atoms with Gasteiger partial charge < -0.3 is 10.2 Å². The second kappa shape index (κ2) is 7.22. The first-order valence-electron chi connectivity index (χ1n) is 8.13. The smallest absolute Gasteiger partial charge is 0.228 e. The van der Waals surface area contributed by atoms with Crippen LogP contribution in [0.25, 0.3) is 0 Å². The van der Waals surface area contributed by atoms with Crippen molar-refractivity contribution in [2.75, 3.05) is 23.3 Å². The molecule has 1 aromatic carbocycles. The first-order valence-corrected chi connectivity index (χ1v) is 8.13. The van der Waals surface area contributed by atoms with Crippen LogP contribution in [0.1, 0.15) is 30.4 Å². The molecular weight excluding hydrogens is 288 g/mol. The molecule has 5 nitrogen and oxygen atoms in total. The Morgan fingerprint density at radius 1 is 1.09 bits per heavy atom. The Labute approximate surface area is 136 Å². The Balaban J connectivity index is 1.57. The number of aryl methyl sites for hydroxylation is 1. The number of carbonyl (C=O) groups excluding carboxylic acids is 1. The quantitative estimate of drug-likeness (QED) is 0.943. The summed E-state index contributed by atoms with van der Waals surface area (Å²) in [6, 6.07) is 7.98. The van der Waals surface area contributed by atoms with Crippen LogP contribution in [0.2, 0.25) is 0 Å². The molecule has 2 aromatic rings. The van der Waals surface area contributed by atoms with Crippen molar-refractivity contribution < 1.29 is 4.79 Å². The van der Waals surface area contributed by atoms with Gasteiger partial charge in [-0.1, -0.05) is 29.8 Å². The maximum Gasteiger partial charge on any atom is 0.228 e. The van der Waals surface area contributed by atoms with E-state index in [0.29, 0.717) is 12.1 Å². The van der Waals surface area contributed by atoms with Gasteiger partial charge in [0.25, 0.3) is 0 Å². The summed E-state index contributed by atoms with van der Waals surface area (Å²) in [4.78, 5) is 23.0. The van der Waals surface area contributed by atoms with Gasteiger partial charge in [-0.15, -0.1) is 0 Å². The zero-order chi connectivity index (χ0) is 16.1. The molecule has 2 heterocycles. The summed E-state index contributed by atoms with van der Waals surface area (Å²) in [5.74, 6) is 0.699. The van der Waals surface area contributed by atoms with E-state index in [-0.39, 0.29) is 5.91 Å². The van der Waals surface area contributed by atoms with Crippen LogP contribution >= 0.6 is 0 Å². The highest BCUT2D eigenvalue weighted by Crippen LogP contribution is 2.16. The number of carbonyl (C=O) groups is 1. The molecule has 0 radical (unpaired) electrons. The van der Waals surface area contributed by atoms with Gasteiger partial charge in [0.1, 0.15) is 0 Å². The molecule has 5 heteroatoms. The number of piperidine rings is 1. The van der Waals surface area contributed by atoms with E-state index in [9.17, 15) is 4.79 Å². The summed E-state index contributed by atoms with van der Waals surface area (Å²) >= 11 is 0. The van der Waals surface area contributed by atoms with Gasteiger partial charge in [0.2, 0.25) is 11.9 Å². The van der Waals surface area contributed by atoms with Crippen LogP contribution in [-0.2, 0) is 11.2 Å². The summed E-state index contributed by atoms with van der Waals surface area (Å²) in [5.41, 5.74) is 2.83. The van der Waals surface area contributed by atoms with Crippen molar-refractivity contribution in [1.82, 2.24) is 9.97 Å². The first kappa shape index (κ1) is 15.5. The van der Waals surface area contributed by atoms with E-state index in [1.54, 1.807) is 12.4 Å². The number of rotatable bonds is 4. The first-order chi connectivity index (χ1) is 11.2. The van der Waals surface area contributed by atoms with Crippen molar-refractivity contribution in [3.05, 3.63) is 47.8 Å². The van der Waals surface area contributed by atoms with Crippen LogP contribution < -0.4 is 10.2 Å². The number of aromatic nitrogens is 2. The molecule has 0 spiro atoms. The lowest BCUT2D eigenvalue weighted by Crippen LogP contribution is -2.30. The van der Waals surface area contributed by atoms with E-state index in [1.165, 1.54) is 24.8 Å². The van der Waals surface area contributed by atoms with Gasteiger partial charge in [0, 0.05) is 13.1 Å². The number of nitrogens with zero attached hydrogens (tertiary/aromatic N) is 3. The minimum absolute atomic E-state index is 0.0526. The molecule has 1 amide bonds. The molecule has 0 aliphatic carbocycles. The van der Waals surface area contributed by atoms with Gasteiger partial charge in [-0.3, -0.25) is 4.79 Å². The predicted molar refractivity (Wildman–Crippen MR) is 91.6 cm³/mol. The average Bonchev–Trinajstić information content (AvgIpc) is 2.58. The molecule has 1 saturated heterocycles. The molecule has 0 bridgehead atoms. The fourth-order valence-electron chi connectivity index (χ4n) is 2.74. The largest absolute Gasteiger partial charge is 0.341 e. The Morgan fingerprint density at radius 2 is 1.74 bits per heavy atom. The third-order valence-electron chi connectivity index (χ3n) is 4.05. The van der Waals surface area contributed by atoms with E-state index in [1.807, 2.05) is 31.2 Å². The Bertz CT molecular complexity index is 646. The number of amides is 1. The fourth-order valence-corrected chi connectivity index (χ4v) is 2.74. The minimum atomic E-state index is -0.0526. The summed E-state index contributed by atoms with van der Waals surface area (Å²) in [6.07, 6.45) is 7.39. The zero-order valence-corrected chi connectivity index (χ0v) is 13.5. The maximum atomic E-state index is 12.1. The van der Waals surface area contributed by atoms with Crippen molar-refractivity contribution >= 4 is 17.5 Å². The van der Waals surface area contributed by atoms with Crippen LogP contribution in [0.5, 0.6) is 0 Å². The van der Waals surface area contributed by atoms with Crippen LogP contribution in [0.3, 0.4) is 0 Å². The van der Waals surface area contributed by atoms with Crippen LogP contribution in [-0.4, -0.2) is 29.0 Å². The second-order valence-corrected chi connectivity index (χ2v) is 6.03. The van der Waals surface area contributed by atoms with Gasteiger partial charge in [0.05, 0.1) is 24.5 Å². The number of benzene rings is 1. The Morgan fingerprint density at radius 3 is 2.39 bits per heavy atom. The van der Waals surface area contributed by atoms with Crippen molar-refractivity contribution in [2.45, 2.75) is 32.6 Å². The van der Waals surface area contributed by atoms with Crippen molar-refractivity contribution in [3.8, 4) is 0 Å². The highest BCUT2D eigenvalue weighted by atomic mass is 16.1. The highest BCUT2D eigenvalue weighted by Gasteiger charge is 2.13.